The molecule has 5 aliphatic rings. The molecule has 284 valence electrons. The lowest BCUT2D eigenvalue weighted by Crippen LogP contribution is -2.59. The molecule has 0 radical (unpaired) electrons. The zero-order chi connectivity index (χ0) is 37.7. The molecule has 1 aliphatic heterocycles. The van der Waals surface area contributed by atoms with Gasteiger partial charge in [0.15, 0.2) is 0 Å². The molecule has 13 nitrogen and oxygen atoms in total. The van der Waals surface area contributed by atoms with Gasteiger partial charge in [0.25, 0.3) is 5.91 Å². The van der Waals surface area contributed by atoms with Gasteiger partial charge in [-0.2, -0.15) is 0 Å². The summed E-state index contributed by atoms with van der Waals surface area (Å²) in [5.41, 5.74) is 1.96. The first-order chi connectivity index (χ1) is 25.3. The topological polar surface area (TPSA) is 173 Å². The molecule has 0 unspecified atom stereocenters. The highest BCUT2D eigenvalue weighted by molar-refractivity contribution is 7.91. The molecule has 1 heterocycles. The number of nitrogens with one attached hydrogen (secondary N) is 3. The third kappa shape index (κ3) is 7.34. The molecule has 0 spiro atoms. The van der Waals surface area contributed by atoms with Crippen LogP contribution in [0.5, 0.6) is 0 Å². The number of amides is 4. The van der Waals surface area contributed by atoms with Gasteiger partial charge in [0.1, 0.15) is 35.5 Å². The van der Waals surface area contributed by atoms with Gasteiger partial charge in [-0.1, -0.05) is 67.5 Å². The number of carbonyl (C=O) groups is 4. The van der Waals surface area contributed by atoms with Crippen LogP contribution in [0.2, 0.25) is 0 Å². The van der Waals surface area contributed by atoms with Crippen LogP contribution in [0, 0.1) is 11.8 Å². The number of sulfonamides is 1. The molecule has 0 aromatic heterocycles. The van der Waals surface area contributed by atoms with Gasteiger partial charge in [-0.3, -0.25) is 19.1 Å². The van der Waals surface area contributed by atoms with Crippen molar-refractivity contribution in [1.29, 1.82) is 0 Å². The Bertz CT molecular complexity index is 1880. The van der Waals surface area contributed by atoms with Crippen molar-refractivity contribution in [3.8, 4) is 11.1 Å². The number of rotatable bonds is 12. The smallest absolute Gasteiger partial charge is 0.408 e. The zero-order valence-electron chi connectivity index (χ0n) is 29.4. The quantitative estimate of drug-likeness (QED) is 0.234. The first-order valence-electron chi connectivity index (χ1n) is 18.2. The van der Waals surface area contributed by atoms with Crippen molar-refractivity contribution in [2.75, 3.05) is 6.54 Å². The van der Waals surface area contributed by atoms with Crippen LogP contribution >= 0.6 is 0 Å². The molecule has 3 N–H and O–H groups in total. The van der Waals surface area contributed by atoms with Gasteiger partial charge in [-0.15, -0.1) is 0 Å². The second-order valence-electron chi connectivity index (χ2n) is 15.0. The van der Waals surface area contributed by atoms with E-state index in [1.807, 2.05) is 53.3 Å². The molecule has 4 fully saturated rings. The predicted octanol–water partition coefficient (Wildman–Crippen LogP) is 3.85. The average Bonchev–Trinajstić information content (AvgIpc) is 3.97. The maximum Gasteiger partial charge on any atom is 0.408 e. The van der Waals surface area contributed by atoms with E-state index in [4.69, 9.17) is 9.57 Å². The van der Waals surface area contributed by atoms with E-state index in [9.17, 15) is 36.4 Å². The van der Waals surface area contributed by atoms with Crippen molar-refractivity contribution in [2.24, 2.45) is 17.0 Å². The molecule has 7 rings (SSSR count). The Morgan fingerprint density at radius 3 is 2.06 bits per heavy atom. The molecule has 0 bridgehead atoms. The number of benzene rings is 2. The number of hydrogen-bond acceptors (Lipinski definition) is 9. The lowest BCUT2D eigenvalue weighted by Gasteiger charge is -2.31. The van der Waals surface area contributed by atoms with E-state index in [0.717, 1.165) is 47.9 Å². The van der Waals surface area contributed by atoms with E-state index in [0.29, 0.717) is 18.6 Å². The Kier molecular flexibility index (Phi) is 9.93. The molecule has 53 heavy (non-hydrogen) atoms. The minimum absolute atomic E-state index is 0.133. The fourth-order valence-corrected chi connectivity index (χ4v) is 9.00. The van der Waals surface area contributed by atoms with Crippen LogP contribution in [-0.2, 0) is 34.0 Å². The number of carbonyl (C=O) groups excluding carboxylic acids is 4. The van der Waals surface area contributed by atoms with Crippen molar-refractivity contribution in [3.63, 3.8) is 0 Å². The highest BCUT2D eigenvalue weighted by Crippen LogP contribution is 2.48. The van der Waals surface area contributed by atoms with Crippen LogP contribution in [0.25, 0.3) is 11.1 Å². The van der Waals surface area contributed by atoms with Gasteiger partial charge in [-0.05, 0) is 62.0 Å². The van der Waals surface area contributed by atoms with Crippen molar-refractivity contribution >= 4 is 39.5 Å². The van der Waals surface area contributed by atoms with Crippen LogP contribution in [0.1, 0.15) is 76.3 Å². The maximum atomic E-state index is 14.3. The minimum Gasteiger partial charge on any atom is -0.446 e. The van der Waals surface area contributed by atoms with Crippen molar-refractivity contribution < 1.29 is 46.0 Å². The molecule has 2 aromatic rings. The molecule has 4 aliphatic carbocycles. The molecule has 1 saturated heterocycles. The normalized spacial score (nSPS) is 25.4. The van der Waals surface area contributed by atoms with E-state index in [1.165, 1.54) is 4.90 Å². The van der Waals surface area contributed by atoms with E-state index in [-0.39, 0.29) is 19.1 Å². The van der Waals surface area contributed by atoms with Gasteiger partial charge in [-0.25, -0.2) is 22.0 Å². The zero-order valence-corrected chi connectivity index (χ0v) is 30.2. The Balaban J connectivity index is 1.15. The summed E-state index contributed by atoms with van der Waals surface area (Å²) >= 11 is 0. The fourth-order valence-electron chi connectivity index (χ4n) is 7.64. The van der Waals surface area contributed by atoms with Crippen LogP contribution in [0.15, 0.2) is 53.7 Å². The van der Waals surface area contributed by atoms with Crippen molar-refractivity contribution in [2.45, 2.75) is 107 Å². The van der Waals surface area contributed by atoms with Crippen LogP contribution in [-0.4, -0.2) is 90.9 Å². The summed E-state index contributed by atoms with van der Waals surface area (Å²) in [5.74, 6) is -4.91. The minimum atomic E-state index is -4.11. The Morgan fingerprint density at radius 2 is 1.51 bits per heavy atom. The van der Waals surface area contributed by atoms with E-state index >= 15 is 0 Å². The number of fused-ring (bicyclic) bond motifs is 3. The van der Waals surface area contributed by atoms with Gasteiger partial charge < -0.3 is 25.1 Å². The number of oxime groups is 1. The number of halogens is 2. The Labute approximate surface area is 306 Å². The van der Waals surface area contributed by atoms with Gasteiger partial charge in [0.2, 0.25) is 28.3 Å². The van der Waals surface area contributed by atoms with Crippen LogP contribution in [0.4, 0.5) is 13.6 Å². The highest BCUT2D eigenvalue weighted by atomic mass is 32.2. The lowest BCUT2D eigenvalue weighted by molar-refractivity contribution is -0.142. The van der Waals surface area contributed by atoms with E-state index in [2.05, 4.69) is 15.8 Å². The third-order valence-corrected chi connectivity index (χ3v) is 12.7. The summed E-state index contributed by atoms with van der Waals surface area (Å²) in [5, 5.41) is 8.77. The average molecular weight is 756 g/mol. The largest absolute Gasteiger partial charge is 0.446 e. The maximum absolute atomic E-state index is 14.3. The molecule has 3 saturated carbocycles. The lowest BCUT2D eigenvalue weighted by atomic mass is 10.0. The fraction of sp³-hybridized carbons (Fsp3) is 0.541. The monoisotopic (exact) mass is 755 g/mol. The Morgan fingerprint density at radius 1 is 0.906 bits per heavy atom. The highest BCUT2D eigenvalue weighted by Gasteiger charge is 2.66. The molecule has 4 amide bonds. The van der Waals surface area contributed by atoms with Crippen molar-refractivity contribution in [3.05, 3.63) is 59.7 Å². The number of nitrogens with zero attached hydrogens (tertiary/aromatic N) is 2. The van der Waals surface area contributed by atoms with Gasteiger partial charge in [0, 0.05) is 17.5 Å². The Hall–Kier alpha value is -4.60. The van der Waals surface area contributed by atoms with E-state index < -0.39 is 87.5 Å². The van der Waals surface area contributed by atoms with Crippen LogP contribution < -0.4 is 15.4 Å². The standard InChI is InChI=1S/C37H43F2N5O8S/c1-20(2)30(40-36(48)51-21-9-3-4-10-21)34(46)44-19-22(52-42-31-26-13-7-5-11-24(26)25-12-6-8-14-27(25)31)17-29(44)33(45)41-37(18-28(37)32(38)39)35(47)43-53(49,50)23-15-16-23/h5-8,11-14,20-23,28-30,32H,3-4,9-10,15-19H2,1-2H3,(H,40,48)(H,41,45)(H,43,47)/t22-,28+,29+,30+,37+/m1/s1. The summed E-state index contributed by atoms with van der Waals surface area (Å²) in [6.07, 6.45) is -1.59. The predicted molar refractivity (Wildman–Crippen MR) is 188 cm³/mol. The summed E-state index contributed by atoms with van der Waals surface area (Å²) in [4.78, 5) is 61.8. The van der Waals surface area contributed by atoms with Crippen LogP contribution in [0.3, 0.4) is 0 Å². The summed E-state index contributed by atoms with van der Waals surface area (Å²) in [6, 6.07) is 12.9. The first-order valence-corrected chi connectivity index (χ1v) is 19.7. The third-order valence-electron chi connectivity index (χ3n) is 10.8. The molecular weight excluding hydrogens is 712 g/mol. The number of alkyl halides is 2. The second kappa shape index (κ2) is 14.3. The number of hydrogen-bond donors (Lipinski definition) is 3. The van der Waals surface area contributed by atoms with Gasteiger partial charge >= 0.3 is 6.09 Å². The molecular formula is C37H43F2N5O8S. The second-order valence-corrected chi connectivity index (χ2v) is 16.9. The van der Waals surface area contributed by atoms with Gasteiger partial charge in [0.05, 0.1) is 17.7 Å². The number of ether oxygens (including phenoxy) is 1. The molecule has 16 heteroatoms. The number of alkyl carbamates (subject to hydrolysis) is 1. The summed E-state index contributed by atoms with van der Waals surface area (Å²) in [6.45, 7) is 3.28. The summed E-state index contributed by atoms with van der Waals surface area (Å²) in [7, 11) is -4.11. The molecule has 5 atom stereocenters. The SMILES string of the molecule is CC(C)[C@H](NC(=O)OC1CCCC1)C(=O)N1C[C@H](ON=C2c3ccccc3-c3ccccc32)C[C@H]1C(=O)N[C@@]1(C(=O)NS(=O)(=O)C2CC2)C[C@H]1C(F)F. The van der Waals surface area contributed by atoms with E-state index in [1.54, 1.807) is 13.8 Å². The molecule has 2 aromatic carbocycles. The number of likely N-dealkylation sites (tertiary alicyclic amines) is 1. The first kappa shape index (κ1) is 36.7. The summed E-state index contributed by atoms with van der Waals surface area (Å²) < 4.78 is 60.7. The van der Waals surface area contributed by atoms with Crippen molar-refractivity contribution in [1.82, 2.24) is 20.3 Å².